The number of Topliss-reactive ketones (excluding diaryl/α,β-unsaturated/α-hetero) is 1. The van der Waals surface area contributed by atoms with Gasteiger partial charge in [0.25, 0.3) is 5.91 Å². The van der Waals surface area contributed by atoms with Crippen LogP contribution in [0.3, 0.4) is 0 Å². The summed E-state index contributed by atoms with van der Waals surface area (Å²) < 4.78 is 0. The van der Waals surface area contributed by atoms with E-state index in [0.717, 1.165) is 36.5 Å². The van der Waals surface area contributed by atoms with Gasteiger partial charge in [0.2, 0.25) is 0 Å². The van der Waals surface area contributed by atoms with E-state index in [-0.39, 0.29) is 5.78 Å². The van der Waals surface area contributed by atoms with Gasteiger partial charge >= 0.3 is 6.03 Å². The van der Waals surface area contributed by atoms with Crippen molar-refractivity contribution in [3.8, 4) is 0 Å². The van der Waals surface area contributed by atoms with Crippen LogP contribution >= 0.6 is 11.3 Å². The standard InChI is InChI=1S/C19H22N4O3S/c1-3-23-8-7-14-15(10-23)27-18(16(14)17(20)25)22-19(26)21-13-6-4-5-12(9-13)11(2)24/h4-6,9H,3,7-8,10H2,1-2H3,(H2,20,25)(H2,21,22,26). The van der Waals surface area contributed by atoms with E-state index in [4.69, 9.17) is 5.73 Å². The van der Waals surface area contributed by atoms with Gasteiger partial charge in [-0.05, 0) is 37.6 Å². The molecule has 0 fully saturated rings. The number of primary amides is 1. The predicted octanol–water partition coefficient (Wildman–Crippen LogP) is 3.07. The lowest BCUT2D eigenvalue weighted by atomic mass is 10.0. The van der Waals surface area contributed by atoms with E-state index in [2.05, 4.69) is 22.5 Å². The van der Waals surface area contributed by atoms with Gasteiger partial charge in [-0.1, -0.05) is 19.1 Å². The van der Waals surface area contributed by atoms with Crippen molar-refractivity contribution >= 4 is 39.7 Å². The van der Waals surface area contributed by atoms with Gasteiger partial charge in [-0.3, -0.25) is 19.8 Å². The molecule has 3 rings (SSSR count). The number of likely N-dealkylation sites (N-methyl/N-ethyl adjacent to an activating group) is 1. The minimum Gasteiger partial charge on any atom is -0.365 e. The van der Waals surface area contributed by atoms with E-state index in [9.17, 15) is 14.4 Å². The number of anilines is 2. The zero-order valence-corrected chi connectivity index (χ0v) is 16.1. The number of rotatable bonds is 5. The summed E-state index contributed by atoms with van der Waals surface area (Å²) in [5, 5.41) is 5.90. The lowest BCUT2D eigenvalue weighted by Gasteiger charge is -2.25. The summed E-state index contributed by atoms with van der Waals surface area (Å²) in [5.74, 6) is -0.618. The first kappa shape index (κ1) is 19.1. The number of ketones is 1. The fourth-order valence-corrected chi connectivity index (χ4v) is 4.45. The maximum absolute atomic E-state index is 12.4. The second kappa shape index (κ2) is 7.89. The highest BCUT2D eigenvalue weighted by molar-refractivity contribution is 7.17. The number of urea groups is 1. The Morgan fingerprint density at radius 3 is 2.70 bits per heavy atom. The zero-order chi connectivity index (χ0) is 19.6. The summed E-state index contributed by atoms with van der Waals surface area (Å²) in [6.07, 6.45) is 0.738. The van der Waals surface area contributed by atoms with Gasteiger partial charge in [0.15, 0.2) is 5.78 Å². The van der Waals surface area contributed by atoms with Gasteiger partial charge < -0.3 is 11.1 Å². The molecule has 3 amide bonds. The molecule has 0 spiro atoms. The van der Waals surface area contributed by atoms with Gasteiger partial charge in [-0.2, -0.15) is 0 Å². The normalized spacial score (nSPS) is 13.7. The molecular formula is C19H22N4O3S. The van der Waals surface area contributed by atoms with Crippen LogP contribution in [0.15, 0.2) is 24.3 Å². The molecule has 0 radical (unpaired) electrons. The molecule has 142 valence electrons. The van der Waals surface area contributed by atoms with Crippen molar-refractivity contribution in [2.24, 2.45) is 5.73 Å². The number of carbonyl (C=O) groups excluding carboxylic acids is 3. The lowest BCUT2D eigenvalue weighted by molar-refractivity contribution is 0.0996. The smallest absolute Gasteiger partial charge is 0.324 e. The molecule has 8 heteroatoms. The van der Waals surface area contributed by atoms with Crippen LogP contribution in [-0.2, 0) is 13.0 Å². The Hall–Kier alpha value is -2.71. The van der Waals surface area contributed by atoms with Crippen molar-refractivity contribution in [2.45, 2.75) is 26.8 Å². The van der Waals surface area contributed by atoms with Crippen molar-refractivity contribution in [1.82, 2.24) is 4.90 Å². The molecular weight excluding hydrogens is 364 g/mol. The number of thiophene rings is 1. The molecule has 27 heavy (non-hydrogen) atoms. The van der Waals surface area contributed by atoms with Gasteiger partial charge in [0.05, 0.1) is 5.56 Å². The molecule has 1 aromatic heterocycles. The molecule has 0 bridgehead atoms. The SMILES string of the molecule is CCN1CCc2c(sc(NC(=O)Nc3cccc(C(C)=O)c3)c2C(N)=O)C1. The fraction of sp³-hybridized carbons (Fsp3) is 0.316. The molecule has 0 aliphatic carbocycles. The van der Waals surface area contributed by atoms with Gasteiger partial charge in [0, 0.05) is 29.2 Å². The quantitative estimate of drug-likeness (QED) is 0.687. The number of amides is 3. The number of nitrogens with zero attached hydrogens (tertiary/aromatic N) is 1. The van der Waals surface area contributed by atoms with Crippen LogP contribution in [0, 0.1) is 0 Å². The first-order chi connectivity index (χ1) is 12.9. The third-order valence-corrected chi connectivity index (χ3v) is 5.72. The third-order valence-electron chi connectivity index (χ3n) is 4.58. The van der Waals surface area contributed by atoms with Crippen LogP contribution in [-0.4, -0.2) is 35.7 Å². The molecule has 2 heterocycles. The lowest BCUT2D eigenvalue weighted by Crippen LogP contribution is -2.30. The molecule has 0 atom stereocenters. The van der Waals surface area contributed by atoms with E-state index in [0.29, 0.717) is 21.8 Å². The molecule has 0 saturated heterocycles. The second-order valence-electron chi connectivity index (χ2n) is 6.41. The van der Waals surface area contributed by atoms with E-state index < -0.39 is 11.9 Å². The van der Waals surface area contributed by atoms with Crippen molar-refractivity contribution in [2.75, 3.05) is 23.7 Å². The average Bonchev–Trinajstić information content (AvgIpc) is 2.98. The summed E-state index contributed by atoms with van der Waals surface area (Å²) in [4.78, 5) is 39.2. The summed E-state index contributed by atoms with van der Waals surface area (Å²) in [7, 11) is 0. The van der Waals surface area contributed by atoms with Crippen molar-refractivity contribution < 1.29 is 14.4 Å². The molecule has 1 aliphatic rings. The Morgan fingerprint density at radius 2 is 2.04 bits per heavy atom. The second-order valence-corrected chi connectivity index (χ2v) is 7.51. The van der Waals surface area contributed by atoms with E-state index in [1.54, 1.807) is 24.3 Å². The van der Waals surface area contributed by atoms with Crippen molar-refractivity contribution in [3.63, 3.8) is 0 Å². The Labute approximate surface area is 161 Å². The van der Waals surface area contributed by atoms with Gasteiger partial charge in [0.1, 0.15) is 5.00 Å². The first-order valence-corrected chi connectivity index (χ1v) is 9.56. The molecule has 7 nitrogen and oxygen atoms in total. The number of nitrogens with two attached hydrogens (primary N) is 1. The highest BCUT2D eigenvalue weighted by Gasteiger charge is 2.27. The van der Waals surface area contributed by atoms with Crippen LogP contribution in [0.25, 0.3) is 0 Å². The van der Waals surface area contributed by atoms with Crippen molar-refractivity contribution in [3.05, 3.63) is 45.8 Å². The largest absolute Gasteiger partial charge is 0.365 e. The first-order valence-electron chi connectivity index (χ1n) is 8.74. The molecule has 4 N–H and O–H groups in total. The maximum Gasteiger partial charge on any atom is 0.324 e. The average molecular weight is 386 g/mol. The van der Waals surface area contributed by atoms with E-state index >= 15 is 0 Å². The summed E-state index contributed by atoms with van der Waals surface area (Å²) in [6, 6.07) is 6.20. The number of nitrogens with one attached hydrogen (secondary N) is 2. The summed E-state index contributed by atoms with van der Waals surface area (Å²) in [5.41, 5.74) is 7.92. The Kier molecular flexibility index (Phi) is 5.57. The van der Waals surface area contributed by atoms with E-state index in [1.807, 2.05) is 0 Å². The van der Waals surface area contributed by atoms with Crippen molar-refractivity contribution in [1.29, 1.82) is 0 Å². The third kappa shape index (κ3) is 4.17. The number of hydrogen-bond acceptors (Lipinski definition) is 5. The number of hydrogen-bond donors (Lipinski definition) is 3. The Bertz CT molecular complexity index is 906. The van der Waals surface area contributed by atoms with Crippen LogP contribution in [0.4, 0.5) is 15.5 Å². The van der Waals surface area contributed by atoms with Gasteiger partial charge in [-0.15, -0.1) is 11.3 Å². The number of fused-ring (bicyclic) bond motifs is 1. The topological polar surface area (TPSA) is 105 Å². The molecule has 2 aromatic rings. The van der Waals surface area contributed by atoms with Crippen LogP contribution in [0.2, 0.25) is 0 Å². The fourth-order valence-electron chi connectivity index (χ4n) is 3.16. The minimum absolute atomic E-state index is 0.0820. The highest BCUT2D eigenvalue weighted by atomic mass is 32.1. The Balaban J connectivity index is 1.80. The highest BCUT2D eigenvalue weighted by Crippen LogP contribution is 2.36. The molecule has 0 saturated carbocycles. The minimum atomic E-state index is -0.536. The molecule has 0 unspecified atom stereocenters. The maximum atomic E-state index is 12.4. The van der Waals surface area contributed by atoms with Crippen LogP contribution in [0.1, 0.15) is 45.0 Å². The Morgan fingerprint density at radius 1 is 1.26 bits per heavy atom. The summed E-state index contributed by atoms with van der Waals surface area (Å²) >= 11 is 1.39. The number of carbonyl (C=O) groups is 3. The monoisotopic (exact) mass is 386 g/mol. The van der Waals surface area contributed by atoms with Crippen LogP contribution < -0.4 is 16.4 Å². The predicted molar refractivity (Wildman–Crippen MR) is 107 cm³/mol. The summed E-state index contributed by atoms with van der Waals surface area (Å²) in [6.45, 7) is 6.10. The molecule has 1 aliphatic heterocycles. The number of benzene rings is 1. The van der Waals surface area contributed by atoms with Crippen LogP contribution in [0.5, 0.6) is 0 Å². The van der Waals surface area contributed by atoms with Gasteiger partial charge in [-0.25, -0.2) is 4.79 Å². The molecule has 1 aromatic carbocycles. The zero-order valence-electron chi connectivity index (χ0n) is 15.3. The van der Waals surface area contributed by atoms with E-state index in [1.165, 1.54) is 18.3 Å².